The molecule has 0 bridgehead atoms. The van der Waals surface area contributed by atoms with Gasteiger partial charge in [0.05, 0.1) is 37.9 Å². The maximum atomic E-state index is 12.4. The van der Waals surface area contributed by atoms with Gasteiger partial charge in [-0.15, -0.1) is 0 Å². The number of anilines is 1. The van der Waals surface area contributed by atoms with Gasteiger partial charge in [0, 0.05) is 11.6 Å². The second-order valence-corrected chi connectivity index (χ2v) is 15.9. The lowest BCUT2D eigenvalue weighted by atomic mass is 9.83. The smallest absolute Gasteiger partial charge is 0.383 e. The lowest BCUT2D eigenvalue weighted by Crippen LogP contribution is -2.39. The van der Waals surface area contributed by atoms with E-state index in [1.165, 1.54) is 68.2 Å². The second kappa shape index (κ2) is 16.5. The topological polar surface area (TPSA) is 152 Å². The molecule has 0 saturated carbocycles. The van der Waals surface area contributed by atoms with Crippen molar-refractivity contribution in [2.75, 3.05) is 50.0 Å². The Labute approximate surface area is 239 Å². The fraction of sp³-hybridized carbons (Fsp3) is 0.852. The standard InChI is InChI=1S/C27H48N3O8PS/c1-27(21-35-22-27)14-10-8-6-4-2-3-5-7-9-11-17-40(33,34)18-12-16-37-39(32)23-36-24(20-38-39)19-30-15-13-25(28)29-26(30)31/h13,15,24,32H,2-12,14,16-23H2,1H3,(H-,28,29,31)/p+1/t24-,39?/m0/s1. The number of ether oxygens (including phenoxy) is 2. The highest BCUT2D eigenvalue weighted by Gasteiger charge is 2.47. The van der Waals surface area contributed by atoms with Crippen molar-refractivity contribution in [1.29, 1.82) is 0 Å². The third-order valence-electron chi connectivity index (χ3n) is 7.51. The number of nitrogens with two attached hydrogens (primary N) is 1. The maximum absolute atomic E-state index is 12.4. The molecule has 2 saturated heterocycles. The van der Waals surface area contributed by atoms with Crippen molar-refractivity contribution in [3.05, 3.63) is 22.7 Å². The summed E-state index contributed by atoms with van der Waals surface area (Å²) in [6.07, 6.45) is 14.1. The zero-order valence-electron chi connectivity index (χ0n) is 24.0. The molecule has 2 aliphatic heterocycles. The van der Waals surface area contributed by atoms with Gasteiger partial charge in [-0.05, 0) is 25.3 Å². The number of hydrogen-bond acceptors (Lipinski definition) is 10. The van der Waals surface area contributed by atoms with Crippen LogP contribution in [0, 0.1) is 5.41 Å². The summed E-state index contributed by atoms with van der Waals surface area (Å²) in [7, 11) is -6.36. The molecule has 0 spiro atoms. The minimum atomic E-state index is -3.21. The van der Waals surface area contributed by atoms with Crippen LogP contribution >= 0.6 is 7.94 Å². The van der Waals surface area contributed by atoms with Crippen molar-refractivity contribution in [1.82, 2.24) is 9.55 Å². The van der Waals surface area contributed by atoms with Crippen LogP contribution in [-0.4, -0.2) is 73.2 Å². The van der Waals surface area contributed by atoms with Gasteiger partial charge in [-0.3, -0.25) is 4.57 Å². The maximum Gasteiger partial charge on any atom is 0.436 e. The van der Waals surface area contributed by atoms with E-state index < -0.39 is 29.6 Å². The van der Waals surface area contributed by atoms with Crippen molar-refractivity contribution in [2.24, 2.45) is 5.41 Å². The molecule has 3 rings (SSSR count). The minimum absolute atomic E-state index is 0.0235. The van der Waals surface area contributed by atoms with Crippen molar-refractivity contribution in [2.45, 2.75) is 96.6 Å². The molecule has 2 fully saturated rings. The van der Waals surface area contributed by atoms with Gasteiger partial charge in [-0.25, -0.2) is 13.2 Å². The first kappa shape index (κ1) is 33.4. The molecule has 3 N–H and O–H groups in total. The molecular weight excluding hydrogens is 557 g/mol. The number of nitrogen functional groups attached to an aromatic ring is 1. The van der Waals surface area contributed by atoms with Crippen LogP contribution < -0.4 is 11.4 Å². The van der Waals surface area contributed by atoms with E-state index in [2.05, 4.69) is 11.9 Å². The highest BCUT2D eigenvalue weighted by molar-refractivity contribution is 7.91. The van der Waals surface area contributed by atoms with Gasteiger partial charge in [0.15, 0.2) is 0 Å². The molecule has 1 aromatic heterocycles. The van der Waals surface area contributed by atoms with Crippen LogP contribution in [-0.2, 0) is 34.9 Å². The molecule has 40 heavy (non-hydrogen) atoms. The van der Waals surface area contributed by atoms with Gasteiger partial charge in [0.1, 0.15) is 28.4 Å². The largest absolute Gasteiger partial charge is 0.436 e. The van der Waals surface area contributed by atoms with Gasteiger partial charge in [0.25, 0.3) is 0 Å². The average molecular weight is 607 g/mol. The lowest BCUT2D eigenvalue weighted by molar-refractivity contribution is -0.106. The molecule has 1 unspecified atom stereocenters. The highest BCUT2D eigenvalue weighted by Crippen LogP contribution is 2.59. The van der Waals surface area contributed by atoms with E-state index in [-0.39, 0.29) is 49.9 Å². The molecule has 3 heterocycles. The summed E-state index contributed by atoms with van der Waals surface area (Å²) in [5, 5.41) is 0. The predicted octanol–water partition coefficient (Wildman–Crippen LogP) is 4.10. The normalized spacial score (nSPS) is 22.7. The average Bonchev–Trinajstić information content (AvgIpc) is 2.89. The predicted molar refractivity (Wildman–Crippen MR) is 157 cm³/mol. The van der Waals surface area contributed by atoms with Crippen molar-refractivity contribution >= 4 is 23.6 Å². The van der Waals surface area contributed by atoms with E-state index in [1.807, 2.05) is 0 Å². The number of sulfone groups is 1. The van der Waals surface area contributed by atoms with E-state index in [0.717, 1.165) is 26.1 Å². The Morgan fingerprint density at radius 2 is 1.70 bits per heavy atom. The first-order valence-electron chi connectivity index (χ1n) is 14.7. The fourth-order valence-electron chi connectivity index (χ4n) is 4.94. The van der Waals surface area contributed by atoms with E-state index in [0.29, 0.717) is 11.8 Å². The molecule has 0 aromatic carbocycles. The second-order valence-electron chi connectivity index (χ2n) is 11.6. The summed E-state index contributed by atoms with van der Waals surface area (Å²) >= 11 is 0. The van der Waals surface area contributed by atoms with Crippen LogP contribution in [0.4, 0.5) is 5.82 Å². The summed E-state index contributed by atoms with van der Waals surface area (Å²) in [5.74, 6) is 0.359. The molecule has 0 radical (unpaired) electrons. The monoisotopic (exact) mass is 606 g/mol. The Balaban J connectivity index is 1.14. The van der Waals surface area contributed by atoms with Crippen LogP contribution in [0.15, 0.2) is 17.1 Å². The molecule has 11 nitrogen and oxygen atoms in total. The summed E-state index contributed by atoms with van der Waals surface area (Å²) in [6, 6.07) is 1.52. The molecule has 13 heteroatoms. The third kappa shape index (κ3) is 12.4. The lowest BCUT2D eigenvalue weighted by Gasteiger charge is -2.38. The number of unbranched alkanes of at least 4 members (excludes halogenated alkanes) is 9. The SMILES string of the molecule is CC1(CCCCCCCCCCCCS(=O)(=O)CCCO[P+]2(O)CO[C@@H](Cn3ccc(N)nc3=O)CO2)COC1. The van der Waals surface area contributed by atoms with Gasteiger partial charge >= 0.3 is 13.6 Å². The number of rotatable bonds is 20. The first-order valence-corrected chi connectivity index (χ1v) is 18.3. The van der Waals surface area contributed by atoms with Crippen molar-refractivity contribution < 1.29 is 31.8 Å². The van der Waals surface area contributed by atoms with Gasteiger partial charge in [0.2, 0.25) is 6.35 Å². The Hall–Kier alpha value is -1.14. The molecule has 0 amide bonds. The fourth-order valence-corrected chi connectivity index (χ4v) is 7.78. The van der Waals surface area contributed by atoms with Crippen LogP contribution in [0.3, 0.4) is 0 Å². The van der Waals surface area contributed by atoms with E-state index in [9.17, 15) is 18.1 Å². The van der Waals surface area contributed by atoms with Gasteiger partial charge in [-0.1, -0.05) is 64.7 Å². The number of nitrogens with zero attached hydrogens (tertiary/aromatic N) is 2. The van der Waals surface area contributed by atoms with Crippen LogP contribution in [0.25, 0.3) is 0 Å². The zero-order chi connectivity index (χ0) is 28.9. The quantitative estimate of drug-likeness (QED) is 0.164. The van der Waals surface area contributed by atoms with Crippen LogP contribution in [0.2, 0.25) is 0 Å². The molecule has 2 atom stereocenters. The van der Waals surface area contributed by atoms with Crippen molar-refractivity contribution in [3.63, 3.8) is 0 Å². The van der Waals surface area contributed by atoms with Crippen LogP contribution in [0.5, 0.6) is 0 Å². The molecule has 0 aliphatic carbocycles. The summed E-state index contributed by atoms with van der Waals surface area (Å²) < 4.78 is 48.0. The van der Waals surface area contributed by atoms with Crippen molar-refractivity contribution in [3.8, 4) is 0 Å². The first-order chi connectivity index (χ1) is 19.1. The summed E-state index contributed by atoms with van der Waals surface area (Å²) in [6.45, 7) is 4.51. The molecule has 230 valence electrons. The highest BCUT2D eigenvalue weighted by atomic mass is 32.2. The minimum Gasteiger partial charge on any atom is -0.383 e. The Morgan fingerprint density at radius 1 is 1.07 bits per heavy atom. The van der Waals surface area contributed by atoms with Crippen LogP contribution in [0.1, 0.15) is 84.0 Å². The van der Waals surface area contributed by atoms with E-state index >= 15 is 0 Å². The molecule has 2 aliphatic rings. The molecule has 1 aromatic rings. The van der Waals surface area contributed by atoms with E-state index in [4.69, 9.17) is 24.3 Å². The Morgan fingerprint density at radius 3 is 2.27 bits per heavy atom. The van der Waals surface area contributed by atoms with Gasteiger partial charge < -0.3 is 15.2 Å². The number of aromatic nitrogens is 2. The molecular formula is C27H49N3O8PS+. The Bertz CT molecular complexity index is 1040. The summed E-state index contributed by atoms with van der Waals surface area (Å²) in [4.78, 5) is 26.0. The zero-order valence-corrected chi connectivity index (χ0v) is 25.7. The van der Waals surface area contributed by atoms with Gasteiger partial charge in [-0.2, -0.15) is 18.9 Å². The Kier molecular flexibility index (Phi) is 13.7. The number of hydrogen-bond donors (Lipinski definition) is 2. The summed E-state index contributed by atoms with van der Waals surface area (Å²) in [5.41, 5.74) is 5.45. The van der Waals surface area contributed by atoms with E-state index in [1.54, 1.807) is 0 Å². The third-order valence-corrected chi connectivity index (χ3v) is 10.9.